The summed E-state index contributed by atoms with van der Waals surface area (Å²) >= 11 is 1.61. The highest BCUT2D eigenvalue weighted by Crippen LogP contribution is 2.46. The maximum atomic E-state index is 12.7. The van der Waals surface area contributed by atoms with E-state index in [9.17, 15) is 19.1 Å². The minimum Gasteiger partial charge on any atom is -0.397 e. The van der Waals surface area contributed by atoms with Crippen LogP contribution in [0.15, 0.2) is 54.0 Å². The Morgan fingerprint density at radius 3 is 2.58 bits per heavy atom. The van der Waals surface area contributed by atoms with E-state index in [0.717, 1.165) is 10.4 Å². The van der Waals surface area contributed by atoms with Gasteiger partial charge in [0.15, 0.2) is 0 Å². The molecule has 3 heterocycles. The number of piperidine rings is 1. The van der Waals surface area contributed by atoms with E-state index in [1.54, 1.807) is 29.5 Å². The van der Waals surface area contributed by atoms with Crippen LogP contribution in [-0.2, 0) is 4.57 Å². The molecule has 0 aliphatic carbocycles. The fourth-order valence-corrected chi connectivity index (χ4v) is 5.22. The third-order valence-corrected chi connectivity index (χ3v) is 7.77. The topological polar surface area (TPSA) is 129 Å². The maximum absolute atomic E-state index is 12.7. The van der Waals surface area contributed by atoms with Crippen LogP contribution in [0.5, 0.6) is 0 Å². The number of benzene rings is 1. The minimum atomic E-state index is -4.05. The van der Waals surface area contributed by atoms with Gasteiger partial charge >= 0.3 is 7.60 Å². The van der Waals surface area contributed by atoms with Gasteiger partial charge in [0.25, 0.3) is 5.91 Å². The minimum absolute atomic E-state index is 0.311. The van der Waals surface area contributed by atoms with Crippen LogP contribution in [0.25, 0.3) is 10.4 Å². The average Bonchev–Trinajstić information content (AvgIpc) is 3.30. The lowest BCUT2D eigenvalue weighted by Crippen LogP contribution is -2.36. The van der Waals surface area contributed by atoms with Crippen LogP contribution in [0.4, 0.5) is 17.2 Å². The second kappa shape index (κ2) is 8.80. The first-order valence-electron chi connectivity index (χ1n) is 9.82. The monoisotopic (exact) mass is 458 g/mol. The van der Waals surface area contributed by atoms with Gasteiger partial charge < -0.3 is 25.7 Å². The van der Waals surface area contributed by atoms with Crippen molar-refractivity contribution in [3.63, 3.8) is 0 Å². The number of anilines is 3. The van der Waals surface area contributed by atoms with Crippen LogP contribution >= 0.6 is 18.9 Å². The molecule has 1 amide bonds. The molecule has 8 nitrogen and oxygen atoms in total. The second-order valence-corrected chi connectivity index (χ2v) is 10.3. The van der Waals surface area contributed by atoms with Crippen molar-refractivity contribution >= 4 is 42.0 Å². The maximum Gasteiger partial charge on any atom is 0.328 e. The number of hydrogen-bond donors (Lipinski definition) is 4. The van der Waals surface area contributed by atoms with E-state index >= 15 is 0 Å². The molecule has 0 saturated carbocycles. The van der Waals surface area contributed by atoms with Crippen LogP contribution in [0.3, 0.4) is 0 Å². The molecule has 1 saturated heterocycles. The van der Waals surface area contributed by atoms with Gasteiger partial charge in [0.2, 0.25) is 0 Å². The van der Waals surface area contributed by atoms with Gasteiger partial charge in [-0.3, -0.25) is 9.36 Å². The Hall–Kier alpha value is -2.71. The molecule has 0 unspecified atom stereocenters. The molecule has 1 aliphatic rings. The van der Waals surface area contributed by atoms with E-state index in [-0.39, 0.29) is 5.91 Å². The fraction of sp³-hybridized carbons (Fsp3) is 0.238. The van der Waals surface area contributed by atoms with E-state index in [2.05, 4.69) is 10.3 Å². The molecule has 1 aliphatic heterocycles. The van der Waals surface area contributed by atoms with Gasteiger partial charge in [-0.2, -0.15) is 0 Å². The number of carbonyl (C=O) groups excluding carboxylic acids is 1. The first kappa shape index (κ1) is 21.5. The Morgan fingerprint density at radius 2 is 1.97 bits per heavy atom. The number of rotatable bonds is 5. The molecule has 0 bridgehead atoms. The lowest BCUT2D eigenvalue weighted by molar-refractivity contribution is 0.102. The Morgan fingerprint density at radius 1 is 1.19 bits per heavy atom. The number of pyridine rings is 1. The highest BCUT2D eigenvalue weighted by Gasteiger charge is 2.32. The number of hydrogen-bond acceptors (Lipinski definition) is 6. The summed E-state index contributed by atoms with van der Waals surface area (Å²) in [6, 6.07) is 13.0. The number of thiophene rings is 1. The molecule has 0 radical (unpaired) electrons. The van der Waals surface area contributed by atoms with Crippen LogP contribution < -0.4 is 16.0 Å². The van der Waals surface area contributed by atoms with Crippen molar-refractivity contribution in [2.75, 3.05) is 29.0 Å². The fourth-order valence-electron chi connectivity index (χ4n) is 3.59. The molecule has 1 fully saturated rings. The van der Waals surface area contributed by atoms with Gasteiger partial charge in [-0.25, -0.2) is 4.98 Å². The number of nitrogen functional groups attached to an aromatic ring is 1. The predicted molar refractivity (Wildman–Crippen MR) is 124 cm³/mol. The molecule has 1 aromatic carbocycles. The first-order valence-corrected chi connectivity index (χ1v) is 12.4. The molecule has 10 heteroatoms. The number of amides is 1. The summed E-state index contributed by atoms with van der Waals surface area (Å²) < 4.78 is 11.4. The molecule has 162 valence electrons. The first-order chi connectivity index (χ1) is 14.8. The zero-order chi connectivity index (χ0) is 22.0. The van der Waals surface area contributed by atoms with Crippen molar-refractivity contribution in [3.05, 3.63) is 59.6 Å². The van der Waals surface area contributed by atoms with Crippen LogP contribution in [0.1, 0.15) is 23.2 Å². The summed E-state index contributed by atoms with van der Waals surface area (Å²) in [7, 11) is -4.05. The lowest BCUT2D eigenvalue weighted by Gasteiger charge is -2.32. The quantitative estimate of drug-likeness (QED) is 0.338. The van der Waals surface area contributed by atoms with Gasteiger partial charge in [0.05, 0.1) is 22.6 Å². The van der Waals surface area contributed by atoms with Crippen molar-refractivity contribution in [3.8, 4) is 10.4 Å². The van der Waals surface area contributed by atoms with E-state index in [4.69, 9.17) is 5.73 Å². The van der Waals surface area contributed by atoms with Crippen molar-refractivity contribution in [1.29, 1.82) is 0 Å². The smallest absolute Gasteiger partial charge is 0.328 e. The molecular formula is C21H23N4O4PS. The standard InChI is InChI=1S/C21H23N4O4PS/c22-17-5-3-14(19-2-1-11-31-19)12-18(17)24-21(26)15-4-6-20(23-13-15)25-9-7-16(8-10-25)30(27,28)29/h1-6,11-13,16H,7-10,22H2,(H,24,26)(H2,27,28,29). The zero-order valence-corrected chi connectivity index (χ0v) is 18.4. The van der Waals surface area contributed by atoms with E-state index in [0.29, 0.717) is 48.7 Å². The van der Waals surface area contributed by atoms with Crippen LogP contribution in [-0.4, -0.2) is 39.4 Å². The summed E-state index contributed by atoms with van der Waals surface area (Å²) in [5.41, 5.74) is 7.85. The second-order valence-electron chi connectivity index (χ2n) is 7.45. The Kier molecular flexibility index (Phi) is 6.11. The largest absolute Gasteiger partial charge is 0.397 e. The van der Waals surface area contributed by atoms with E-state index < -0.39 is 13.3 Å². The van der Waals surface area contributed by atoms with Gasteiger partial charge in [-0.15, -0.1) is 11.3 Å². The summed E-state index contributed by atoms with van der Waals surface area (Å²) in [4.78, 5) is 38.8. The number of aromatic nitrogens is 1. The Balaban J connectivity index is 1.43. The Labute approximate surface area is 183 Å². The van der Waals surface area contributed by atoms with E-state index in [1.165, 1.54) is 6.20 Å². The predicted octanol–water partition coefficient (Wildman–Crippen LogP) is 3.79. The summed E-state index contributed by atoms with van der Waals surface area (Å²) in [5.74, 6) is 0.370. The molecule has 5 N–H and O–H groups in total. The highest BCUT2D eigenvalue weighted by molar-refractivity contribution is 7.52. The van der Waals surface area contributed by atoms with Gasteiger partial charge in [-0.05, 0) is 54.1 Å². The van der Waals surface area contributed by atoms with Crippen molar-refractivity contribution < 1.29 is 19.1 Å². The molecule has 0 atom stereocenters. The summed E-state index contributed by atoms with van der Waals surface area (Å²) in [6.45, 7) is 1.03. The number of nitrogens with two attached hydrogens (primary N) is 1. The van der Waals surface area contributed by atoms with Crippen molar-refractivity contribution in [2.24, 2.45) is 0 Å². The molecule has 31 heavy (non-hydrogen) atoms. The third-order valence-electron chi connectivity index (χ3n) is 5.38. The van der Waals surface area contributed by atoms with Crippen molar-refractivity contribution in [2.45, 2.75) is 18.5 Å². The van der Waals surface area contributed by atoms with Crippen molar-refractivity contribution in [1.82, 2.24) is 4.98 Å². The van der Waals surface area contributed by atoms with Gasteiger partial charge in [-0.1, -0.05) is 12.1 Å². The molecular weight excluding hydrogens is 435 g/mol. The number of nitrogens with zero attached hydrogens (tertiary/aromatic N) is 2. The van der Waals surface area contributed by atoms with Crippen LogP contribution in [0, 0.1) is 0 Å². The van der Waals surface area contributed by atoms with Crippen LogP contribution in [0.2, 0.25) is 0 Å². The molecule has 2 aromatic heterocycles. The molecule has 0 spiro atoms. The normalized spacial score (nSPS) is 15.1. The summed E-state index contributed by atoms with van der Waals surface area (Å²) in [5, 5.41) is 4.84. The van der Waals surface area contributed by atoms with E-state index in [1.807, 2.05) is 34.5 Å². The van der Waals surface area contributed by atoms with Gasteiger partial charge in [0, 0.05) is 24.2 Å². The highest BCUT2D eigenvalue weighted by atomic mass is 32.1. The third kappa shape index (κ3) is 4.97. The molecule has 3 aromatic rings. The Bertz CT molecular complexity index is 1110. The van der Waals surface area contributed by atoms with Gasteiger partial charge in [0.1, 0.15) is 5.82 Å². The number of carbonyl (C=O) groups is 1. The zero-order valence-electron chi connectivity index (χ0n) is 16.6. The SMILES string of the molecule is Nc1ccc(-c2cccs2)cc1NC(=O)c1ccc(N2CCC(P(=O)(O)O)CC2)nc1. The number of nitrogens with one attached hydrogen (secondary N) is 1. The lowest BCUT2D eigenvalue weighted by atomic mass is 10.1. The average molecular weight is 458 g/mol. The summed E-state index contributed by atoms with van der Waals surface area (Å²) in [6.07, 6.45) is 2.32. The molecule has 4 rings (SSSR count).